The summed E-state index contributed by atoms with van der Waals surface area (Å²) in [5.74, 6) is 1.19. The SMILES string of the molecule is Nc1cc(-c2cc(=O)c2=O)ccc1Oc1ccccc1. The number of para-hydroxylation sites is 1. The fraction of sp³-hybridized carbons (Fsp3) is 0. The molecule has 20 heavy (non-hydrogen) atoms. The Morgan fingerprint density at radius 2 is 1.65 bits per heavy atom. The van der Waals surface area contributed by atoms with Crippen molar-refractivity contribution in [3.63, 3.8) is 0 Å². The van der Waals surface area contributed by atoms with Crippen LogP contribution in [0.1, 0.15) is 0 Å². The Morgan fingerprint density at radius 3 is 2.25 bits per heavy atom. The minimum Gasteiger partial charge on any atom is -0.455 e. The molecule has 0 amide bonds. The molecule has 0 aliphatic rings. The molecule has 4 heteroatoms. The number of benzene rings is 2. The van der Waals surface area contributed by atoms with E-state index in [0.717, 1.165) is 0 Å². The van der Waals surface area contributed by atoms with Crippen LogP contribution in [0.2, 0.25) is 0 Å². The summed E-state index contributed by atoms with van der Waals surface area (Å²) >= 11 is 0. The first-order chi connectivity index (χ1) is 9.65. The predicted molar refractivity (Wildman–Crippen MR) is 77.7 cm³/mol. The van der Waals surface area contributed by atoms with E-state index >= 15 is 0 Å². The van der Waals surface area contributed by atoms with E-state index in [1.807, 2.05) is 30.3 Å². The molecule has 2 N–H and O–H groups in total. The van der Waals surface area contributed by atoms with Crippen molar-refractivity contribution in [2.75, 3.05) is 5.73 Å². The number of anilines is 1. The maximum absolute atomic E-state index is 11.4. The minimum atomic E-state index is -0.471. The average molecular weight is 265 g/mol. The largest absolute Gasteiger partial charge is 0.455 e. The van der Waals surface area contributed by atoms with Crippen LogP contribution in [0.3, 0.4) is 0 Å². The second-order valence-corrected chi connectivity index (χ2v) is 4.42. The fourth-order valence-electron chi connectivity index (χ4n) is 1.96. The molecule has 0 atom stereocenters. The second kappa shape index (κ2) is 4.66. The molecule has 0 fully saturated rings. The van der Waals surface area contributed by atoms with Gasteiger partial charge in [0.15, 0.2) is 0 Å². The van der Waals surface area contributed by atoms with Crippen molar-refractivity contribution in [1.29, 1.82) is 0 Å². The molecule has 0 unspecified atom stereocenters. The van der Waals surface area contributed by atoms with Gasteiger partial charge in [0, 0.05) is 11.6 Å². The van der Waals surface area contributed by atoms with E-state index in [9.17, 15) is 9.59 Å². The summed E-state index contributed by atoms with van der Waals surface area (Å²) < 4.78 is 5.65. The highest BCUT2D eigenvalue weighted by molar-refractivity contribution is 5.72. The lowest BCUT2D eigenvalue weighted by atomic mass is 10.0. The lowest BCUT2D eigenvalue weighted by Crippen LogP contribution is -2.30. The van der Waals surface area contributed by atoms with E-state index in [1.165, 1.54) is 6.07 Å². The van der Waals surface area contributed by atoms with Gasteiger partial charge < -0.3 is 10.5 Å². The third-order valence-electron chi connectivity index (χ3n) is 3.04. The highest BCUT2D eigenvalue weighted by Crippen LogP contribution is 2.30. The number of hydrogen-bond acceptors (Lipinski definition) is 4. The quantitative estimate of drug-likeness (QED) is 0.583. The first kappa shape index (κ1) is 12.2. The maximum atomic E-state index is 11.4. The predicted octanol–water partition coefficient (Wildman–Crippen LogP) is 2.32. The van der Waals surface area contributed by atoms with Crippen molar-refractivity contribution in [2.24, 2.45) is 0 Å². The molecule has 0 aliphatic heterocycles. The Hall–Kier alpha value is -2.88. The van der Waals surface area contributed by atoms with Crippen molar-refractivity contribution >= 4 is 5.69 Å². The zero-order valence-electron chi connectivity index (χ0n) is 10.5. The van der Waals surface area contributed by atoms with Crippen molar-refractivity contribution in [2.45, 2.75) is 0 Å². The number of nitrogens with two attached hydrogens (primary N) is 1. The lowest BCUT2D eigenvalue weighted by Gasteiger charge is -2.10. The Kier molecular flexibility index (Phi) is 2.84. The number of hydrogen-bond donors (Lipinski definition) is 1. The van der Waals surface area contributed by atoms with Gasteiger partial charge in [0.1, 0.15) is 11.5 Å². The monoisotopic (exact) mass is 265 g/mol. The smallest absolute Gasteiger partial charge is 0.233 e. The van der Waals surface area contributed by atoms with E-state index in [2.05, 4.69) is 0 Å². The molecule has 3 aromatic rings. The highest BCUT2D eigenvalue weighted by Gasteiger charge is 2.13. The molecule has 0 heterocycles. The first-order valence-electron chi connectivity index (χ1n) is 6.08. The Bertz CT molecular complexity index is 830. The number of rotatable bonds is 3. The van der Waals surface area contributed by atoms with E-state index in [1.54, 1.807) is 18.2 Å². The summed E-state index contributed by atoms with van der Waals surface area (Å²) in [4.78, 5) is 22.3. The van der Waals surface area contributed by atoms with Crippen LogP contribution in [-0.4, -0.2) is 0 Å². The summed E-state index contributed by atoms with van der Waals surface area (Å²) in [5, 5.41) is 0. The van der Waals surface area contributed by atoms with E-state index in [0.29, 0.717) is 28.3 Å². The molecule has 3 rings (SSSR count). The zero-order chi connectivity index (χ0) is 14.1. The van der Waals surface area contributed by atoms with Gasteiger partial charge in [0.2, 0.25) is 10.9 Å². The van der Waals surface area contributed by atoms with Gasteiger partial charge in [-0.3, -0.25) is 9.59 Å². The average Bonchev–Trinajstić information content (AvgIpc) is 2.47. The molecule has 0 radical (unpaired) electrons. The van der Waals surface area contributed by atoms with E-state index in [-0.39, 0.29) is 0 Å². The van der Waals surface area contributed by atoms with E-state index in [4.69, 9.17) is 10.5 Å². The van der Waals surface area contributed by atoms with Crippen molar-refractivity contribution in [3.05, 3.63) is 75.0 Å². The van der Waals surface area contributed by atoms with Gasteiger partial charge in [-0.2, -0.15) is 0 Å². The zero-order valence-corrected chi connectivity index (χ0v) is 10.5. The molecule has 0 aliphatic carbocycles. The fourth-order valence-corrected chi connectivity index (χ4v) is 1.96. The van der Waals surface area contributed by atoms with Gasteiger partial charge in [-0.05, 0) is 29.8 Å². The Balaban J connectivity index is 1.91. The Morgan fingerprint density at radius 1 is 0.900 bits per heavy atom. The van der Waals surface area contributed by atoms with Crippen LogP contribution in [0.4, 0.5) is 5.69 Å². The van der Waals surface area contributed by atoms with Gasteiger partial charge in [-0.1, -0.05) is 24.3 Å². The number of ether oxygens (including phenoxy) is 1. The molecule has 0 aromatic heterocycles. The van der Waals surface area contributed by atoms with Gasteiger partial charge in [0.25, 0.3) is 0 Å². The van der Waals surface area contributed by atoms with Crippen LogP contribution in [0.5, 0.6) is 11.5 Å². The van der Waals surface area contributed by atoms with Crippen LogP contribution >= 0.6 is 0 Å². The van der Waals surface area contributed by atoms with E-state index < -0.39 is 10.9 Å². The minimum absolute atomic E-state index is 0.396. The molecular formula is C16H11NO3. The molecular weight excluding hydrogens is 254 g/mol. The van der Waals surface area contributed by atoms with Crippen LogP contribution in [0.15, 0.2) is 64.2 Å². The van der Waals surface area contributed by atoms with Crippen molar-refractivity contribution in [1.82, 2.24) is 0 Å². The summed E-state index contributed by atoms with van der Waals surface area (Å²) in [5.41, 5.74) is 6.42. The third-order valence-corrected chi connectivity index (χ3v) is 3.04. The van der Waals surface area contributed by atoms with Crippen LogP contribution in [0.25, 0.3) is 11.1 Å². The summed E-state index contributed by atoms with van der Waals surface area (Å²) in [6.07, 6.45) is 0. The summed E-state index contributed by atoms with van der Waals surface area (Å²) in [6, 6.07) is 15.6. The van der Waals surface area contributed by atoms with Crippen LogP contribution < -0.4 is 21.3 Å². The highest BCUT2D eigenvalue weighted by atomic mass is 16.5. The van der Waals surface area contributed by atoms with Gasteiger partial charge in [-0.25, -0.2) is 0 Å². The Labute approximate surface area is 114 Å². The lowest BCUT2D eigenvalue weighted by molar-refractivity contribution is 0.485. The summed E-state index contributed by atoms with van der Waals surface area (Å²) in [6.45, 7) is 0. The summed E-state index contributed by atoms with van der Waals surface area (Å²) in [7, 11) is 0. The normalized spacial score (nSPS) is 10.6. The maximum Gasteiger partial charge on any atom is 0.233 e. The van der Waals surface area contributed by atoms with Crippen LogP contribution in [0, 0.1) is 0 Å². The molecule has 3 aromatic carbocycles. The number of nitrogen functional groups attached to an aromatic ring is 1. The third kappa shape index (κ3) is 2.07. The second-order valence-electron chi connectivity index (χ2n) is 4.42. The first-order valence-corrected chi connectivity index (χ1v) is 6.08. The molecule has 0 saturated carbocycles. The molecule has 0 spiro atoms. The molecule has 0 saturated heterocycles. The molecule has 0 bridgehead atoms. The standard InChI is InChI=1S/C16H11NO3/c17-13-8-10(12-9-14(18)16(12)19)6-7-15(13)20-11-4-2-1-3-5-11/h1-9H,17H2. The molecule has 98 valence electrons. The van der Waals surface area contributed by atoms with Gasteiger partial charge in [-0.15, -0.1) is 0 Å². The van der Waals surface area contributed by atoms with Crippen LogP contribution in [-0.2, 0) is 0 Å². The van der Waals surface area contributed by atoms with Gasteiger partial charge in [0.05, 0.1) is 5.69 Å². The molecule has 4 nitrogen and oxygen atoms in total. The topological polar surface area (TPSA) is 69.4 Å². The van der Waals surface area contributed by atoms with Crippen molar-refractivity contribution in [3.8, 4) is 22.6 Å². The van der Waals surface area contributed by atoms with Gasteiger partial charge >= 0.3 is 0 Å². The van der Waals surface area contributed by atoms with Crippen molar-refractivity contribution < 1.29 is 4.74 Å².